The summed E-state index contributed by atoms with van der Waals surface area (Å²) in [5.41, 5.74) is 3.05. The van der Waals surface area contributed by atoms with Crippen molar-refractivity contribution in [1.29, 1.82) is 0 Å². The smallest absolute Gasteiger partial charge is 0.0320 e. The van der Waals surface area contributed by atoms with Crippen LogP contribution in [0.4, 0.5) is 0 Å². The van der Waals surface area contributed by atoms with E-state index in [2.05, 4.69) is 81.4 Å². The van der Waals surface area contributed by atoms with Gasteiger partial charge < -0.3 is 0 Å². The Labute approximate surface area is 251 Å². The van der Waals surface area contributed by atoms with Crippen LogP contribution in [0.5, 0.6) is 0 Å². The van der Waals surface area contributed by atoms with Gasteiger partial charge in [0.1, 0.15) is 0 Å². The summed E-state index contributed by atoms with van der Waals surface area (Å²) in [5, 5.41) is 0. The fourth-order valence-electron chi connectivity index (χ4n) is 4.65. The maximum Gasteiger partial charge on any atom is 0.0320 e. The lowest BCUT2D eigenvalue weighted by Gasteiger charge is -2.12. The summed E-state index contributed by atoms with van der Waals surface area (Å²) in [6, 6.07) is 4.71. The second-order valence-corrected chi connectivity index (χ2v) is 14.4. The SMILES string of the molecule is CCCCCCCCCCCCSCc1cc(Br)c(Br)cc1CSCCCCCCCCCCCC. The molecule has 0 nitrogen and oxygen atoms in total. The van der Waals surface area contributed by atoms with Gasteiger partial charge in [0.15, 0.2) is 0 Å². The molecule has 1 rings (SSSR count). The average molecular weight is 665 g/mol. The highest BCUT2D eigenvalue weighted by Crippen LogP contribution is 2.31. The number of thioether (sulfide) groups is 2. The van der Waals surface area contributed by atoms with E-state index in [0.717, 1.165) is 11.5 Å². The zero-order valence-corrected chi connectivity index (χ0v) is 28.5. The van der Waals surface area contributed by atoms with Crippen molar-refractivity contribution in [2.75, 3.05) is 11.5 Å². The van der Waals surface area contributed by atoms with E-state index in [1.165, 1.54) is 160 Å². The van der Waals surface area contributed by atoms with E-state index in [0.29, 0.717) is 0 Å². The number of unbranched alkanes of at least 4 members (excludes halogenated alkanes) is 18. The van der Waals surface area contributed by atoms with E-state index in [4.69, 9.17) is 0 Å². The van der Waals surface area contributed by atoms with Crippen LogP contribution < -0.4 is 0 Å². The summed E-state index contributed by atoms with van der Waals surface area (Å²) in [6.07, 6.45) is 28.5. The zero-order chi connectivity index (χ0) is 26.1. The summed E-state index contributed by atoms with van der Waals surface area (Å²) in [5.74, 6) is 4.90. The third kappa shape index (κ3) is 19.9. The predicted octanol–water partition coefficient (Wildman–Crippen LogP) is 13.5. The van der Waals surface area contributed by atoms with E-state index >= 15 is 0 Å². The van der Waals surface area contributed by atoms with Crippen molar-refractivity contribution in [2.24, 2.45) is 0 Å². The van der Waals surface area contributed by atoms with Crippen molar-refractivity contribution >= 4 is 55.4 Å². The van der Waals surface area contributed by atoms with Crippen molar-refractivity contribution < 1.29 is 0 Å². The van der Waals surface area contributed by atoms with Gasteiger partial charge in [-0.05, 0) is 79.5 Å². The molecule has 0 spiro atoms. The van der Waals surface area contributed by atoms with E-state index in [-0.39, 0.29) is 0 Å². The van der Waals surface area contributed by atoms with Gasteiger partial charge in [-0.3, -0.25) is 0 Å². The summed E-state index contributed by atoms with van der Waals surface area (Å²) in [6.45, 7) is 4.60. The number of halogens is 2. The van der Waals surface area contributed by atoms with Gasteiger partial charge in [-0.2, -0.15) is 23.5 Å². The molecule has 4 heteroatoms. The van der Waals surface area contributed by atoms with Gasteiger partial charge in [0.25, 0.3) is 0 Å². The molecular formula is C32H56Br2S2. The number of benzene rings is 1. The summed E-state index contributed by atoms with van der Waals surface area (Å²) in [4.78, 5) is 0. The third-order valence-electron chi connectivity index (χ3n) is 7.04. The molecule has 0 heterocycles. The minimum absolute atomic E-state index is 1.15. The highest BCUT2D eigenvalue weighted by Gasteiger charge is 2.08. The Bertz CT molecular complexity index is 567. The maximum absolute atomic E-state index is 3.74. The Morgan fingerprint density at radius 1 is 0.444 bits per heavy atom. The molecule has 0 atom stereocenters. The molecular weight excluding hydrogens is 608 g/mol. The fourth-order valence-corrected chi connectivity index (χ4v) is 7.51. The highest BCUT2D eigenvalue weighted by atomic mass is 79.9. The first-order valence-corrected chi connectivity index (χ1v) is 19.2. The molecule has 0 aromatic heterocycles. The molecule has 0 fully saturated rings. The molecule has 0 bridgehead atoms. The van der Waals surface area contributed by atoms with E-state index in [1.54, 1.807) is 0 Å². The maximum atomic E-state index is 3.74. The Morgan fingerprint density at radius 2 is 0.722 bits per heavy atom. The normalized spacial score (nSPS) is 11.4. The molecule has 0 unspecified atom stereocenters. The lowest BCUT2D eigenvalue weighted by Crippen LogP contribution is -1.94. The van der Waals surface area contributed by atoms with Gasteiger partial charge in [-0.25, -0.2) is 0 Å². The monoisotopic (exact) mass is 662 g/mol. The van der Waals surface area contributed by atoms with Gasteiger partial charge in [-0.1, -0.05) is 129 Å². The summed E-state index contributed by atoms with van der Waals surface area (Å²) in [7, 11) is 0. The predicted molar refractivity (Wildman–Crippen MR) is 178 cm³/mol. The van der Waals surface area contributed by atoms with Crippen LogP contribution in [-0.4, -0.2) is 11.5 Å². The second kappa shape index (κ2) is 26.1. The van der Waals surface area contributed by atoms with Crippen LogP contribution in [0, 0.1) is 0 Å². The van der Waals surface area contributed by atoms with Crippen LogP contribution in [0.15, 0.2) is 21.1 Å². The molecule has 0 N–H and O–H groups in total. The minimum Gasteiger partial charge on any atom is -0.157 e. The standard InChI is InChI=1S/C32H56Br2S2/c1-3-5-7-9-11-13-15-17-19-21-23-35-27-29-25-31(33)32(34)26-30(29)28-36-24-22-20-18-16-14-12-10-8-6-4-2/h25-26H,3-24,27-28H2,1-2H3. The highest BCUT2D eigenvalue weighted by molar-refractivity contribution is 9.13. The molecule has 1 aromatic rings. The lowest BCUT2D eigenvalue weighted by molar-refractivity contribution is 0.563. The van der Waals surface area contributed by atoms with E-state index < -0.39 is 0 Å². The van der Waals surface area contributed by atoms with Crippen LogP contribution in [0.2, 0.25) is 0 Å². The molecule has 0 amide bonds. The van der Waals surface area contributed by atoms with Crippen molar-refractivity contribution in [3.05, 3.63) is 32.2 Å². The van der Waals surface area contributed by atoms with Crippen LogP contribution in [-0.2, 0) is 11.5 Å². The minimum atomic E-state index is 1.15. The molecule has 0 saturated carbocycles. The molecule has 0 aliphatic heterocycles. The Balaban J connectivity index is 2.12. The topological polar surface area (TPSA) is 0 Å². The number of rotatable bonds is 26. The first kappa shape index (κ1) is 34.9. The second-order valence-electron chi connectivity index (χ2n) is 10.5. The summed E-state index contributed by atoms with van der Waals surface area (Å²) < 4.78 is 2.39. The van der Waals surface area contributed by atoms with Crippen LogP contribution >= 0.6 is 55.4 Å². The van der Waals surface area contributed by atoms with Crippen molar-refractivity contribution in [3.8, 4) is 0 Å². The van der Waals surface area contributed by atoms with Gasteiger partial charge in [-0.15, -0.1) is 0 Å². The van der Waals surface area contributed by atoms with Crippen molar-refractivity contribution in [2.45, 2.75) is 154 Å². The molecule has 1 aromatic carbocycles. The van der Waals surface area contributed by atoms with Gasteiger partial charge in [0, 0.05) is 20.5 Å². The Morgan fingerprint density at radius 3 is 1.03 bits per heavy atom. The summed E-state index contributed by atoms with van der Waals surface area (Å²) >= 11 is 11.7. The van der Waals surface area contributed by atoms with Gasteiger partial charge in [0.2, 0.25) is 0 Å². The number of hydrogen-bond donors (Lipinski definition) is 0. The van der Waals surface area contributed by atoms with E-state index in [1.807, 2.05) is 0 Å². The van der Waals surface area contributed by atoms with Crippen LogP contribution in [0.1, 0.15) is 153 Å². The average Bonchev–Trinajstić information content (AvgIpc) is 2.87. The van der Waals surface area contributed by atoms with Gasteiger partial charge in [0.05, 0.1) is 0 Å². The van der Waals surface area contributed by atoms with Crippen molar-refractivity contribution in [3.63, 3.8) is 0 Å². The number of hydrogen-bond acceptors (Lipinski definition) is 2. The molecule has 0 aliphatic rings. The van der Waals surface area contributed by atoms with Crippen molar-refractivity contribution in [1.82, 2.24) is 0 Å². The molecule has 0 radical (unpaired) electrons. The quantitative estimate of drug-likeness (QED) is 0.0904. The lowest BCUT2D eigenvalue weighted by atomic mass is 10.1. The fraction of sp³-hybridized carbons (Fsp3) is 0.812. The van der Waals surface area contributed by atoms with E-state index in [9.17, 15) is 0 Å². The molecule has 0 aliphatic carbocycles. The van der Waals surface area contributed by atoms with Crippen LogP contribution in [0.25, 0.3) is 0 Å². The zero-order valence-electron chi connectivity index (χ0n) is 23.7. The Kier molecular flexibility index (Phi) is 25.3. The third-order valence-corrected chi connectivity index (χ3v) is 11.1. The molecule has 210 valence electrons. The molecule has 36 heavy (non-hydrogen) atoms. The largest absolute Gasteiger partial charge is 0.157 e. The first-order valence-electron chi connectivity index (χ1n) is 15.3. The van der Waals surface area contributed by atoms with Crippen LogP contribution in [0.3, 0.4) is 0 Å². The Hall–Kier alpha value is 0.880. The van der Waals surface area contributed by atoms with Gasteiger partial charge >= 0.3 is 0 Å². The first-order chi connectivity index (χ1) is 17.7. The molecule has 0 saturated heterocycles.